The van der Waals surface area contributed by atoms with E-state index in [0.29, 0.717) is 18.0 Å². The molecule has 0 bridgehead atoms. The minimum Gasteiger partial charge on any atom is -0.316 e. The third kappa shape index (κ3) is 7.85. The van der Waals surface area contributed by atoms with Gasteiger partial charge in [-0.25, -0.2) is 4.39 Å². The van der Waals surface area contributed by atoms with Crippen molar-refractivity contribution < 1.29 is 4.39 Å². The maximum absolute atomic E-state index is 14.2. The van der Waals surface area contributed by atoms with Gasteiger partial charge < -0.3 is 21.8 Å². The molecule has 2 aromatic rings. The van der Waals surface area contributed by atoms with Crippen molar-refractivity contribution >= 4 is 6.21 Å². The Balaban J connectivity index is 0.000000303. The summed E-state index contributed by atoms with van der Waals surface area (Å²) in [7, 11) is 1.76. The van der Waals surface area contributed by atoms with Crippen LogP contribution in [0.15, 0.2) is 54.8 Å². The Labute approximate surface area is 192 Å². The number of benzene rings is 2. The summed E-state index contributed by atoms with van der Waals surface area (Å²) in [4.78, 5) is 0. The van der Waals surface area contributed by atoms with E-state index in [9.17, 15) is 4.39 Å². The highest BCUT2D eigenvalue weighted by molar-refractivity contribution is 5.81. The Morgan fingerprint density at radius 3 is 2.62 bits per heavy atom. The lowest BCUT2D eigenvalue weighted by Gasteiger charge is -2.12. The molecular formula is C27H37FN4. The summed E-state index contributed by atoms with van der Waals surface area (Å²) in [5.41, 5.74) is 13.0. The molecule has 1 aliphatic rings. The fourth-order valence-electron chi connectivity index (χ4n) is 3.80. The lowest BCUT2D eigenvalue weighted by Crippen LogP contribution is -2.36. The highest BCUT2D eigenvalue weighted by Gasteiger charge is 2.10. The van der Waals surface area contributed by atoms with Crippen molar-refractivity contribution in [2.45, 2.75) is 57.7 Å². The van der Waals surface area contributed by atoms with E-state index in [1.54, 1.807) is 19.2 Å². The summed E-state index contributed by atoms with van der Waals surface area (Å²) >= 11 is 0. The van der Waals surface area contributed by atoms with Gasteiger partial charge in [-0.1, -0.05) is 56.7 Å². The van der Waals surface area contributed by atoms with E-state index in [2.05, 4.69) is 29.9 Å². The lowest BCUT2D eigenvalue weighted by atomic mass is 9.96. The maximum Gasteiger partial charge on any atom is 0.127 e. The molecule has 0 aromatic heterocycles. The summed E-state index contributed by atoms with van der Waals surface area (Å²) in [5.74, 6) is -0.239. The summed E-state index contributed by atoms with van der Waals surface area (Å²) in [5, 5.41) is 13.7. The average Bonchev–Trinajstić information content (AvgIpc) is 3.09. The first kappa shape index (κ1) is 25.7. The molecule has 1 fully saturated rings. The molecule has 32 heavy (non-hydrogen) atoms. The van der Waals surface area contributed by atoms with Crippen LogP contribution in [0.5, 0.6) is 0 Å². The molecule has 5 N–H and O–H groups in total. The van der Waals surface area contributed by atoms with Gasteiger partial charge in [0.05, 0.1) is 6.17 Å². The molecule has 2 aromatic carbocycles. The molecule has 0 spiro atoms. The normalized spacial score (nSPS) is 16.7. The number of hydrogen-bond donors (Lipinski definition) is 4. The van der Waals surface area contributed by atoms with Gasteiger partial charge in [0.1, 0.15) is 5.82 Å². The second-order valence-corrected chi connectivity index (χ2v) is 8.10. The number of hydrogen-bond acceptors (Lipinski definition) is 4. The van der Waals surface area contributed by atoms with Crippen LogP contribution in [0.25, 0.3) is 11.1 Å². The van der Waals surface area contributed by atoms with Crippen LogP contribution in [-0.4, -0.2) is 32.0 Å². The van der Waals surface area contributed by atoms with E-state index >= 15 is 0 Å². The highest BCUT2D eigenvalue weighted by atomic mass is 19.1. The highest BCUT2D eigenvalue weighted by Crippen LogP contribution is 2.25. The monoisotopic (exact) mass is 436 g/mol. The minimum atomic E-state index is -0.251. The van der Waals surface area contributed by atoms with Gasteiger partial charge in [-0.15, -0.1) is 5.73 Å². The van der Waals surface area contributed by atoms with E-state index in [1.165, 1.54) is 31.9 Å². The van der Waals surface area contributed by atoms with Crippen LogP contribution < -0.4 is 16.4 Å². The number of nitrogens with two attached hydrogens (primary N) is 1. The molecule has 2 unspecified atom stereocenters. The topological polar surface area (TPSA) is 73.9 Å². The zero-order chi connectivity index (χ0) is 23.3. The molecule has 1 saturated heterocycles. The first-order chi connectivity index (χ1) is 15.5. The molecule has 5 heteroatoms. The number of aryl methyl sites for hydroxylation is 1. The molecule has 3 rings (SSSR count). The maximum atomic E-state index is 14.2. The molecule has 0 saturated carbocycles. The number of nitrogens with one attached hydrogen (secondary N) is 3. The largest absolute Gasteiger partial charge is 0.316 e. The first-order valence-electron chi connectivity index (χ1n) is 11.5. The van der Waals surface area contributed by atoms with Gasteiger partial charge in [-0.05, 0) is 72.8 Å². The fourth-order valence-corrected chi connectivity index (χ4v) is 3.80. The molecule has 1 aliphatic heterocycles. The van der Waals surface area contributed by atoms with Crippen molar-refractivity contribution in [2.24, 2.45) is 5.73 Å². The van der Waals surface area contributed by atoms with Crippen LogP contribution in [0.4, 0.5) is 4.39 Å². The first-order valence-corrected chi connectivity index (χ1v) is 11.5. The van der Waals surface area contributed by atoms with Crippen molar-refractivity contribution in [3.63, 3.8) is 0 Å². The molecule has 0 radical (unpaired) electrons. The summed E-state index contributed by atoms with van der Waals surface area (Å²) < 4.78 is 14.2. The van der Waals surface area contributed by atoms with Crippen LogP contribution >= 0.6 is 0 Å². The van der Waals surface area contributed by atoms with E-state index in [1.807, 2.05) is 30.3 Å². The van der Waals surface area contributed by atoms with Gasteiger partial charge in [-0.3, -0.25) is 0 Å². The number of rotatable bonds is 7. The van der Waals surface area contributed by atoms with Gasteiger partial charge >= 0.3 is 0 Å². The van der Waals surface area contributed by atoms with E-state index in [-0.39, 0.29) is 12.0 Å². The number of halogens is 1. The van der Waals surface area contributed by atoms with Crippen LogP contribution in [0.2, 0.25) is 0 Å². The van der Waals surface area contributed by atoms with Gasteiger partial charge in [0, 0.05) is 18.7 Å². The van der Waals surface area contributed by atoms with Crippen molar-refractivity contribution in [1.82, 2.24) is 10.6 Å². The SMILES string of the molecule is C=C=CC1CCCCCN1.CCc1cc(-c2ccc(CC(N)NC)c(F)c2)ccc1C=N. The van der Waals surface area contributed by atoms with E-state index in [4.69, 9.17) is 11.1 Å². The number of likely N-dealkylation sites (N-methyl/N-ethyl adjacent to an activating group) is 1. The second kappa shape index (κ2) is 13.8. The Morgan fingerprint density at radius 2 is 1.97 bits per heavy atom. The van der Waals surface area contributed by atoms with Crippen molar-refractivity contribution in [3.8, 4) is 11.1 Å². The molecule has 172 valence electrons. The summed E-state index contributed by atoms with van der Waals surface area (Å²) in [6, 6.07) is 11.7. The molecular weight excluding hydrogens is 399 g/mol. The zero-order valence-corrected chi connectivity index (χ0v) is 19.4. The smallest absolute Gasteiger partial charge is 0.127 e. The summed E-state index contributed by atoms with van der Waals surface area (Å²) in [6.45, 7) is 6.77. The van der Waals surface area contributed by atoms with Gasteiger partial charge in [0.15, 0.2) is 0 Å². The minimum absolute atomic E-state index is 0.239. The van der Waals surface area contributed by atoms with Crippen LogP contribution in [0.1, 0.15) is 49.3 Å². The van der Waals surface area contributed by atoms with Crippen molar-refractivity contribution in [3.05, 3.63) is 77.3 Å². The molecule has 0 amide bonds. The average molecular weight is 437 g/mol. The second-order valence-electron chi connectivity index (χ2n) is 8.10. The Morgan fingerprint density at radius 1 is 1.22 bits per heavy atom. The predicted octanol–water partition coefficient (Wildman–Crippen LogP) is 4.96. The molecule has 2 atom stereocenters. The van der Waals surface area contributed by atoms with Gasteiger partial charge in [0.25, 0.3) is 0 Å². The van der Waals surface area contributed by atoms with Crippen LogP contribution in [0.3, 0.4) is 0 Å². The third-order valence-electron chi connectivity index (χ3n) is 5.79. The standard InChI is InChI=1S/C18H22FN3.C9H15N/c1-3-12-8-13(5-7-16(12)11-20)14-4-6-15(17(19)9-14)10-18(21)22-2;1-2-6-9-7-4-3-5-8-10-9/h4-9,11,18,20,22H,3,10,21H2,1-2H3;6,9-10H,1,3-5,7-8H2. The predicted molar refractivity (Wildman–Crippen MR) is 134 cm³/mol. The fraction of sp³-hybridized carbons (Fsp3) is 0.407. The summed E-state index contributed by atoms with van der Waals surface area (Å²) in [6.07, 6.45) is 9.72. The molecule has 0 aliphatic carbocycles. The Hall–Kier alpha value is -2.56. The third-order valence-corrected chi connectivity index (χ3v) is 5.79. The Bertz CT molecular complexity index is 910. The molecule has 4 nitrogen and oxygen atoms in total. The molecule has 1 heterocycles. The zero-order valence-electron chi connectivity index (χ0n) is 19.4. The van der Waals surface area contributed by atoms with Gasteiger partial charge in [-0.2, -0.15) is 0 Å². The Kier molecular flexibility index (Phi) is 11.1. The van der Waals surface area contributed by atoms with E-state index < -0.39 is 0 Å². The van der Waals surface area contributed by atoms with E-state index in [0.717, 1.165) is 35.2 Å². The lowest BCUT2D eigenvalue weighted by molar-refractivity contribution is 0.549. The van der Waals surface area contributed by atoms with Crippen LogP contribution in [0, 0.1) is 11.2 Å². The quantitative estimate of drug-likeness (QED) is 0.282. The van der Waals surface area contributed by atoms with Gasteiger partial charge in [0.2, 0.25) is 0 Å². The van der Waals surface area contributed by atoms with Crippen LogP contribution in [-0.2, 0) is 12.8 Å². The van der Waals surface area contributed by atoms with Crippen molar-refractivity contribution in [2.75, 3.05) is 13.6 Å². The van der Waals surface area contributed by atoms with Crippen molar-refractivity contribution in [1.29, 1.82) is 5.41 Å².